The molecule has 36 heavy (non-hydrogen) atoms. The molecule has 1 fully saturated rings. The molecule has 3 aromatic heterocycles. The maximum atomic E-state index is 13.0. The first kappa shape index (κ1) is 24.0. The molecule has 5 rings (SSSR count). The van der Waals surface area contributed by atoms with E-state index in [0.29, 0.717) is 44.6 Å². The first-order valence-corrected chi connectivity index (χ1v) is 11.4. The van der Waals surface area contributed by atoms with Crippen molar-refractivity contribution in [1.82, 2.24) is 24.5 Å². The van der Waals surface area contributed by atoms with Crippen LogP contribution in [-0.4, -0.2) is 36.0 Å². The highest BCUT2D eigenvalue weighted by molar-refractivity contribution is 6.33. The summed E-state index contributed by atoms with van der Waals surface area (Å²) in [4.78, 5) is 28.3. The molecular formula is C24H20ClF3N6O2. The largest absolute Gasteiger partial charge is 0.470 e. The van der Waals surface area contributed by atoms with Crippen LogP contribution in [0.3, 0.4) is 0 Å². The fourth-order valence-electron chi connectivity index (χ4n) is 3.78. The van der Waals surface area contributed by atoms with Gasteiger partial charge >= 0.3 is 6.18 Å². The number of carbonyl (C=O) groups is 1. The Labute approximate surface area is 208 Å². The summed E-state index contributed by atoms with van der Waals surface area (Å²) in [5.74, 6) is 0.227. The highest BCUT2D eigenvalue weighted by atomic mass is 35.5. The molecule has 2 N–H and O–H groups in total. The number of aromatic nitrogens is 5. The van der Waals surface area contributed by atoms with Crippen LogP contribution >= 0.6 is 11.6 Å². The lowest BCUT2D eigenvalue weighted by atomic mass is 10.1. The standard InChI is InChI=1S/C24H20ClF3N6O2/c1-23(6-7-23)36-22-19-21(31-12-32-22)34(11-14-3-5-17(30-10-14)24(26,27)28)20(33-19)15-4-2-13(8-16(15)25)9-18(29)35/h2-5,8,10,12H,6-7,9,11H2,1H3,(H2,29,35). The number of ether oxygens (including phenoxy) is 1. The molecule has 0 saturated heterocycles. The van der Waals surface area contributed by atoms with E-state index >= 15 is 0 Å². The Balaban J connectivity index is 1.62. The van der Waals surface area contributed by atoms with E-state index < -0.39 is 17.8 Å². The van der Waals surface area contributed by atoms with Crippen LogP contribution in [0, 0.1) is 0 Å². The molecule has 1 aliphatic rings. The predicted octanol–water partition coefficient (Wildman–Crippen LogP) is 4.57. The Hall–Kier alpha value is -3.73. The zero-order valence-corrected chi connectivity index (χ0v) is 19.8. The monoisotopic (exact) mass is 516 g/mol. The number of fused-ring (bicyclic) bond motifs is 1. The SMILES string of the molecule is CC1(Oc2ncnc3c2nc(-c2ccc(CC(N)=O)cc2Cl)n3Cc2ccc(C(F)(F)F)nc2)CC1. The minimum Gasteiger partial charge on any atom is -0.470 e. The van der Waals surface area contributed by atoms with Crippen LogP contribution in [-0.2, 0) is 23.9 Å². The fraction of sp³-hybridized carbons (Fsp3) is 0.292. The van der Waals surface area contributed by atoms with Crippen LogP contribution in [0.5, 0.6) is 5.88 Å². The van der Waals surface area contributed by atoms with Gasteiger partial charge in [-0.15, -0.1) is 0 Å². The molecule has 0 bridgehead atoms. The summed E-state index contributed by atoms with van der Waals surface area (Å²) in [6.07, 6.45) is -0.222. The van der Waals surface area contributed by atoms with Crippen molar-refractivity contribution in [3.05, 3.63) is 64.7 Å². The van der Waals surface area contributed by atoms with Gasteiger partial charge in [0.05, 0.1) is 18.0 Å². The number of primary amides is 1. The number of imidazole rings is 1. The van der Waals surface area contributed by atoms with E-state index in [1.54, 1.807) is 22.8 Å². The third-order valence-electron chi connectivity index (χ3n) is 5.90. The first-order chi connectivity index (χ1) is 17.0. The third-order valence-corrected chi connectivity index (χ3v) is 6.22. The van der Waals surface area contributed by atoms with Crippen molar-refractivity contribution in [3.63, 3.8) is 0 Å². The van der Waals surface area contributed by atoms with Gasteiger partial charge in [0.15, 0.2) is 11.2 Å². The van der Waals surface area contributed by atoms with E-state index in [1.165, 1.54) is 18.6 Å². The lowest BCUT2D eigenvalue weighted by Crippen LogP contribution is -2.13. The molecule has 186 valence electrons. The van der Waals surface area contributed by atoms with E-state index in [1.807, 2.05) is 6.92 Å². The van der Waals surface area contributed by atoms with Gasteiger partial charge in [0.2, 0.25) is 11.8 Å². The molecule has 1 aliphatic carbocycles. The Morgan fingerprint density at radius 1 is 1.17 bits per heavy atom. The zero-order chi connectivity index (χ0) is 25.7. The van der Waals surface area contributed by atoms with Gasteiger partial charge in [0.25, 0.3) is 0 Å². The number of halogens is 4. The molecular weight excluding hydrogens is 497 g/mol. The van der Waals surface area contributed by atoms with Crippen LogP contribution < -0.4 is 10.5 Å². The van der Waals surface area contributed by atoms with Gasteiger partial charge in [-0.05, 0) is 49.1 Å². The van der Waals surface area contributed by atoms with Crippen molar-refractivity contribution in [2.24, 2.45) is 5.73 Å². The van der Waals surface area contributed by atoms with Crippen LogP contribution in [0.15, 0.2) is 42.9 Å². The molecule has 0 aliphatic heterocycles. The molecule has 3 heterocycles. The second-order valence-electron chi connectivity index (χ2n) is 8.93. The maximum absolute atomic E-state index is 13.0. The summed E-state index contributed by atoms with van der Waals surface area (Å²) in [7, 11) is 0. The molecule has 8 nitrogen and oxygen atoms in total. The molecule has 0 atom stereocenters. The topological polar surface area (TPSA) is 109 Å². The van der Waals surface area contributed by atoms with E-state index in [9.17, 15) is 18.0 Å². The number of pyridine rings is 1. The number of nitrogens with zero attached hydrogens (tertiary/aromatic N) is 5. The van der Waals surface area contributed by atoms with Crippen LogP contribution in [0.2, 0.25) is 5.02 Å². The van der Waals surface area contributed by atoms with Crippen molar-refractivity contribution in [1.29, 1.82) is 0 Å². The Morgan fingerprint density at radius 2 is 1.92 bits per heavy atom. The molecule has 0 radical (unpaired) electrons. The Morgan fingerprint density at radius 3 is 2.53 bits per heavy atom. The lowest BCUT2D eigenvalue weighted by molar-refractivity contribution is -0.141. The number of hydrogen-bond donors (Lipinski definition) is 1. The van der Waals surface area contributed by atoms with E-state index in [4.69, 9.17) is 27.1 Å². The van der Waals surface area contributed by atoms with Crippen molar-refractivity contribution in [2.75, 3.05) is 0 Å². The van der Waals surface area contributed by atoms with Crippen molar-refractivity contribution >= 4 is 28.7 Å². The first-order valence-electron chi connectivity index (χ1n) is 11.0. The Kier molecular flexibility index (Phi) is 5.82. The van der Waals surface area contributed by atoms with Gasteiger partial charge < -0.3 is 15.0 Å². The van der Waals surface area contributed by atoms with Crippen LogP contribution in [0.25, 0.3) is 22.6 Å². The maximum Gasteiger partial charge on any atom is 0.433 e. The van der Waals surface area contributed by atoms with Gasteiger partial charge in [-0.1, -0.05) is 23.7 Å². The second-order valence-corrected chi connectivity index (χ2v) is 9.34. The molecule has 1 amide bonds. The summed E-state index contributed by atoms with van der Waals surface area (Å²) in [5, 5.41) is 0.320. The minimum absolute atomic E-state index is 0.0235. The normalized spacial score (nSPS) is 14.7. The highest BCUT2D eigenvalue weighted by Crippen LogP contribution is 2.41. The summed E-state index contributed by atoms with van der Waals surface area (Å²) < 4.78 is 46.7. The van der Waals surface area contributed by atoms with Gasteiger partial charge in [-0.25, -0.2) is 9.97 Å². The average molecular weight is 517 g/mol. The van der Waals surface area contributed by atoms with Gasteiger partial charge in [0.1, 0.15) is 23.4 Å². The molecule has 0 unspecified atom stereocenters. The summed E-state index contributed by atoms with van der Waals surface area (Å²) in [5.41, 5.74) is 6.48. The molecule has 1 saturated carbocycles. The number of hydrogen-bond acceptors (Lipinski definition) is 6. The number of benzene rings is 1. The van der Waals surface area contributed by atoms with Gasteiger partial charge in [0, 0.05) is 11.8 Å². The molecule has 1 aromatic carbocycles. The average Bonchev–Trinajstić information content (AvgIpc) is 3.42. The third kappa shape index (κ3) is 4.83. The zero-order valence-electron chi connectivity index (χ0n) is 19.0. The number of nitrogens with two attached hydrogens (primary N) is 1. The van der Waals surface area contributed by atoms with Crippen molar-refractivity contribution in [2.45, 2.75) is 44.5 Å². The second kappa shape index (κ2) is 8.74. The number of alkyl halides is 3. The number of carbonyl (C=O) groups excluding carboxylic acids is 1. The van der Waals surface area contributed by atoms with E-state index in [-0.39, 0.29) is 18.6 Å². The summed E-state index contributed by atoms with van der Waals surface area (Å²) in [6, 6.07) is 7.33. The minimum atomic E-state index is -4.54. The van der Waals surface area contributed by atoms with Crippen molar-refractivity contribution < 1.29 is 22.7 Å². The van der Waals surface area contributed by atoms with Gasteiger partial charge in [-0.3, -0.25) is 9.78 Å². The number of amides is 1. The van der Waals surface area contributed by atoms with E-state index in [2.05, 4.69) is 15.0 Å². The molecule has 4 aromatic rings. The molecule has 12 heteroatoms. The molecule has 0 spiro atoms. The van der Waals surface area contributed by atoms with Crippen molar-refractivity contribution in [3.8, 4) is 17.3 Å². The van der Waals surface area contributed by atoms with Crippen LogP contribution in [0.4, 0.5) is 13.2 Å². The Bertz CT molecular complexity index is 1470. The highest BCUT2D eigenvalue weighted by Gasteiger charge is 2.41. The summed E-state index contributed by atoms with van der Waals surface area (Å²) >= 11 is 6.57. The summed E-state index contributed by atoms with van der Waals surface area (Å²) in [6.45, 7) is 2.09. The smallest absolute Gasteiger partial charge is 0.433 e. The lowest BCUT2D eigenvalue weighted by Gasteiger charge is -2.12. The fourth-order valence-corrected chi connectivity index (χ4v) is 4.06. The predicted molar refractivity (Wildman–Crippen MR) is 125 cm³/mol. The van der Waals surface area contributed by atoms with Gasteiger partial charge in [-0.2, -0.15) is 18.2 Å². The quantitative estimate of drug-likeness (QED) is 0.385. The van der Waals surface area contributed by atoms with E-state index in [0.717, 1.165) is 18.9 Å². The number of rotatable bonds is 7. The van der Waals surface area contributed by atoms with Crippen LogP contribution in [0.1, 0.15) is 36.6 Å².